The number of thioether (sulfide) groups is 1. The van der Waals surface area contributed by atoms with Gasteiger partial charge in [-0.1, -0.05) is 30.3 Å². The van der Waals surface area contributed by atoms with Gasteiger partial charge < -0.3 is 10.2 Å². The zero-order chi connectivity index (χ0) is 12.8. The van der Waals surface area contributed by atoms with E-state index in [1.54, 1.807) is 0 Å². The van der Waals surface area contributed by atoms with Gasteiger partial charge in [-0.25, -0.2) is 0 Å². The summed E-state index contributed by atoms with van der Waals surface area (Å²) in [6.07, 6.45) is 2.39. The van der Waals surface area contributed by atoms with Crippen LogP contribution in [0.3, 0.4) is 0 Å². The van der Waals surface area contributed by atoms with E-state index in [-0.39, 0.29) is 0 Å². The van der Waals surface area contributed by atoms with Crippen molar-refractivity contribution in [2.75, 3.05) is 32.1 Å². The molecular weight excluding hydrogens is 240 g/mol. The van der Waals surface area contributed by atoms with Gasteiger partial charge in [-0.2, -0.15) is 11.8 Å². The lowest BCUT2D eigenvalue weighted by molar-refractivity contribution is 0.214. The van der Waals surface area contributed by atoms with Gasteiger partial charge in [0, 0.05) is 30.1 Å². The fourth-order valence-electron chi connectivity index (χ4n) is 2.62. The summed E-state index contributed by atoms with van der Waals surface area (Å²) >= 11 is 2.09. The minimum atomic E-state index is 0.600. The van der Waals surface area contributed by atoms with Crippen LogP contribution in [0, 0.1) is 0 Å². The zero-order valence-corrected chi connectivity index (χ0v) is 12.2. The molecule has 2 unspecified atom stereocenters. The summed E-state index contributed by atoms with van der Waals surface area (Å²) in [5, 5.41) is 3.52. The smallest absolute Gasteiger partial charge is 0.0337 e. The monoisotopic (exact) mass is 264 g/mol. The second kappa shape index (κ2) is 7.17. The van der Waals surface area contributed by atoms with Crippen LogP contribution >= 0.6 is 11.8 Å². The number of benzene rings is 1. The van der Waals surface area contributed by atoms with Crippen molar-refractivity contribution >= 4 is 11.8 Å². The molecule has 3 heteroatoms. The molecule has 2 nitrogen and oxygen atoms in total. The van der Waals surface area contributed by atoms with Crippen LogP contribution in [-0.2, 0) is 6.42 Å². The second-order valence-electron chi connectivity index (χ2n) is 5.04. The molecule has 1 aromatic carbocycles. The minimum Gasteiger partial charge on any atom is -0.315 e. The first-order valence-corrected chi connectivity index (χ1v) is 7.96. The summed E-state index contributed by atoms with van der Waals surface area (Å²) in [7, 11) is 4.36. The highest BCUT2D eigenvalue weighted by atomic mass is 32.2. The summed E-state index contributed by atoms with van der Waals surface area (Å²) in [6, 6.07) is 12.1. The van der Waals surface area contributed by atoms with Crippen LogP contribution in [0.5, 0.6) is 0 Å². The number of nitrogens with one attached hydrogen (secondary N) is 1. The molecule has 0 bridgehead atoms. The average Bonchev–Trinajstić information content (AvgIpc) is 2.42. The summed E-state index contributed by atoms with van der Waals surface area (Å²) in [5.41, 5.74) is 1.45. The molecule has 0 aromatic heterocycles. The van der Waals surface area contributed by atoms with E-state index in [9.17, 15) is 0 Å². The predicted molar refractivity (Wildman–Crippen MR) is 81.4 cm³/mol. The highest BCUT2D eigenvalue weighted by Crippen LogP contribution is 2.20. The Hall–Kier alpha value is -0.510. The Morgan fingerprint density at radius 2 is 2.17 bits per heavy atom. The molecule has 18 heavy (non-hydrogen) atoms. The molecule has 1 saturated heterocycles. The fourth-order valence-corrected chi connectivity index (χ4v) is 3.94. The van der Waals surface area contributed by atoms with E-state index in [1.807, 2.05) is 0 Å². The summed E-state index contributed by atoms with van der Waals surface area (Å²) < 4.78 is 0. The average molecular weight is 264 g/mol. The molecule has 0 spiro atoms. The highest BCUT2D eigenvalue weighted by molar-refractivity contribution is 7.99. The third kappa shape index (κ3) is 3.74. The first-order valence-electron chi connectivity index (χ1n) is 6.80. The lowest BCUT2D eigenvalue weighted by Gasteiger charge is -2.37. The molecule has 2 rings (SSSR count). The summed E-state index contributed by atoms with van der Waals surface area (Å²) in [5.74, 6) is 2.54. The first kappa shape index (κ1) is 13.9. The standard InChI is InChI=1S/C15H24N2S/c1-16-14(15-12-18-11-10-17(15)2)9-8-13-6-4-3-5-7-13/h3-7,14-16H,8-12H2,1-2H3. The Labute approximate surface area is 115 Å². The SMILES string of the molecule is CNC(CCc1ccccc1)C1CSCCN1C. The Morgan fingerprint density at radius 1 is 1.39 bits per heavy atom. The fraction of sp³-hybridized carbons (Fsp3) is 0.600. The summed E-state index contributed by atoms with van der Waals surface area (Å²) in [6.45, 7) is 1.22. The highest BCUT2D eigenvalue weighted by Gasteiger charge is 2.26. The van der Waals surface area contributed by atoms with E-state index >= 15 is 0 Å². The Balaban J connectivity index is 1.88. The van der Waals surface area contributed by atoms with E-state index < -0.39 is 0 Å². The molecule has 2 atom stereocenters. The maximum Gasteiger partial charge on any atom is 0.0337 e. The van der Waals surface area contributed by atoms with E-state index in [0.717, 1.165) is 0 Å². The van der Waals surface area contributed by atoms with Crippen LogP contribution in [0.4, 0.5) is 0 Å². The van der Waals surface area contributed by atoms with Crippen LogP contribution in [0.15, 0.2) is 30.3 Å². The van der Waals surface area contributed by atoms with Crippen molar-refractivity contribution in [2.45, 2.75) is 24.9 Å². The second-order valence-corrected chi connectivity index (χ2v) is 6.19. The number of likely N-dealkylation sites (N-methyl/N-ethyl adjacent to an activating group) is 2. The number of rotatable bonds is 5. The molecule has 0 radical (unpaired) electrons. The Morgan fingerprint density at radius 3 is 2.83 bits per heavy atom. The molecule has 1 heterocycles. The molecule has 1 fully saturated rings. The van der Waals surface area contributed by atoms with E-state index in [4.69, 9.17) is 0 Å². The van der Waals surface area contributed by atoms with Gasteiger partial charge in [0.25, 0.3) is 0 Å². The molecule has 1 aliphatic rings. The van der Waals surface area contributed by atoms with Crippen LogP contribution in [0.1, 0.15) is 12.0 Å². The van der Waals surface area contributed by atoms with Crippen molar-refractivity contribution in [2.24, 2.45) is 0 Å². The maximum absolute atomic E-state index is 3.52. The largest absolute Gasteiger partial charge is 0.315 e. The molecule has 0 saturated carbocycles. The molecule has 1 aliphatic heterocycles. The van der Waals surface area contributed by atoms with Gasteiger partial charge in [0.15, 0.2) is 0 Å². The zero-order valence-electron chi connectivity index (χ0n) is 11.4. The topological polar surface area (TPSA) is 15.3 Å². The van der Waals surface area contributed by atoms with Gasteiger partial charge in [0.1, 0.15) is 0 Å². The van der Waals surface area contributed by atoms with E-state index in [0.29, 0.717) is 12.1 Å². The van der Waals surface area contributed by atoms with E-state index in [2.05, 4.69) is 66.4 Å². The molecule has 0 amide bonds. The summed E-state index contributed by atoms with van der Waals surface area (Å²) in [4.78, 5) is 2.52. The molecule has 1 N–H and O–H groups in total. The van der Waals surface area contributed by atoms with Gasteiger partial charge in [-0.3, -0.25) is 0 Å². The lowest BCUT2D eigenvalue weighted by atomic mass is 9.99. The van der Waals surface area contributed by atoms with Crippen molar-refractivity contribution < 1.29 is 0 Å². The number of hydrogen-bond donors (Lipinski definition) is 1. The Kier molecular flexibility index (Phi) is 5.54. The molecule has 1 aromatic rings. The van der Waals surface area contributed by atoms with Gasteiger partial charge in [0.2, 0.25) is 0 Å². The van der Waals surface area contributed by atoms with Gasteiger partial charge in [0.05, 0.1) is 0 Å². The third-order valence-electron chi connectivity index (χ3n) is 3.87. The van der Waals surface area contributed by atoms with Gasteiger partial charge in [-0.15, -0.1) is 0 Å². The first-order chi connectivity index (χ1) is 8.81. The number of nitrogens with zero attached hydrogens (tertiary/aromatic N) is 1. The minimum absolute atomic E-state index is 0.600. The third-order valence-corrected chi connectivity index (χ3v) is 4.91. The van der Waals surface area contributed by atoms with Gasteiger partial charge in [-0.05, 0) is 32.5 Å². The van der Waals surface area contributed by atoms with Crippen LogP contribution in [-0.4, -0.2) is 49.1 Å². The maximum atomic E-state index is 3.52. The number of aryl methyl sites for hydroxylation is 1. The predicted octanol–water partition coefficient (Wildman–Crippen LogP) is 2.25. The molecule has 0 aliphatic carbocycles. The van der Waals surface area contributed by atoms with Gasteiger partial charge >= 0.3 is 0 Å². The van der Waals surface area contributed by atoms with Crippen molar-refractivity contribution in [3.63, 3.8) is 0 Å². The van der Waals surface area contributed by atoms with Crippen LogP contribution in [0.2, 0.25) is 0 Å². The van der Waals surface area contributed by atoms with E-state index in [1.165, 1.54) is 36.5 Å². The normalized spacial score (nSPS) is 22.9. The van der Waals surface area contributed by atoms with Crippen LogP contribution in [0.25, 0.3) is 0 Å². The van der Waals surface area contributed by atoms with Crippen molar-refractivity contribution in [3.05, 3.63) is 35.9 Å². The van der Waals surface area contributed by atoms with Crippen molar-refractivity contribution in [1.82, 2.24) is 10.2 Å². The number of hydrogen-bond acceptors (Lipinski definition) is 3. The van der Waals surface area contributed by atoms with Crippen LogP contribution < -0.4 is 5.32 Å². The Bertz CT molecular complexity index is 342. The van der Waals surface area contributed by atoms with Crippen molar-refractivity contribution in [3.8, 4) is 0 Å². The molecule has 100 valence electrons. The molecular formula is C15H24N2S. The quantitative estimate of drug-likeness (QED) is 0.878. The lowest BCUT2D eigenvalue weighted by Crippen LogP contribution is -2.52. The van der Waals surface area contributed by atoms with Crippen molar-refractivity contribution in [1.29, 1.82) is 0 Å².